The molecule has 2 heterocycles. The van der Waals surface area contributed by atoms with Crippen LogP contribution in [0.5, 0.6) is 0 Å². The molecule has 2 aromatic carbocycles. The van der Waals surface area contributed by atoms with E-state index >= 15 is 0 Å². The predicted octanol–water partition coefficient (Wildman–Crippen LogP) is 4.06. The quantitative estimate of drug-likeness (QED) is 0.458. The van der Waals surface area contributed by atoms with Gasteiger partial charge in [-0.25, -0.2) is 0 Å². The highest BCUT2D eigenvalue weighted by Crippen LogP contribution is 2.36. The number of hydrogen-bond acceptors (Lipinski definition) is 5. The number of hydrogen-bond donors (Lipinski definition) is 2. The number of rotatable bonds is 5. The molecular weight excluding hydrogens is 428 g/mol. The van der Waals surface area contributed by atoms with E-state index in [4.69, 9.17) is 4.74 Å². The number of fused-ring (bicyclic) bond motifs is 1. The van der Waals surface area contributed by atoms with Gasteiger partial charge in [-0.3, -0.25) is 14.9 Å². The summed E-state index contributed by atoms with van der Waals surface area (Å²) < 4.78 is 6.14. The Labute approximate surface area is 169 Å². The van der Waals surface area contributed by atoms with E-state index in [0.29, 0.717) is 11.3 Å². The number of ether oxygens (including phenoxy) is 1. The molecule has 0 saturated carbocycles. The molecule has 2 N–H and O–H groups in total. The Kier molecular flexibility index (Phi) is 5.33. The highest BCUT2D eigenvalue weighted by molar-refractivity contribution is 9.10. The van der Waals surface area contributed by atoms with Gasteiger partial charge in [0.15, 0.2) is 12.4 Å². The van der Waals surface area contributed by atoms with E-state index < -0.39 is 12.0 Å². The van der Waals surface area contributed by atoms with Crippen LogP contribution in [0.25, 0.3) is 10.9 Å². The Morgan fingerprint density at radius 2 is 1.96 bits per heavy atom. The third kappa shape index (κ3) is 3.95. The fraction of sp³-hybridized carbons (Fsp3) is 0.200. The van der Waals surface area contributed by atoms with Crippen LogP contribution < -0.4 is 5.32 Å². The van der Waals surface area contributed by atoms with Gasteiger partial charge < -0.3 is 9.72 Å². The average molecular weight is 445 g/mol. The molecule has 0 amide bonds. The molecule has 7 heteroatoms. The number of aromatic nitrogens is 1. The molecule has 1 saturated heterocycles. The van der Waals surface area contributed by atoms with Crippen molar-refractivity contribution in [1.82, 2.24) is 10.3 Å². The van der Waals surface area contributed by atoms with Crippen molar-refractivity contribution >= 4 is 50.3 Å². The summed E-state index contributed by atoms with van der Waals surface area (Å²) in [5, 5.41) is 4.48. The van der Waals surface area contributed by atoms with Crippen LogP contribution in [0, 0.1) is 0 Å². The van der Waals surface area contributed by atoms with E-state index in [1.165, 1.54) is 0 Å². The SMILES string of the molecule is O=C(COC(=O)[C@H]1CS[C@@H](c2cccc3[nH]ccc23)N1)c1ccc(Br)cc1. The van der Waals surface area contributed by atoms with Gasteiger partial charge in [-0.1, -0.05) is 40.2 Å². The maximum absolute atomic E-state index is 12.4. The first kappa shape index (κ1) is 18.3. The monoisotopic (exact) mass is 444 g/mol. The summed E-state index contributed by atoms with van der Waals surface area (Å²) in [6.07, 6.45) is 1.91. The lowest BCUT2D eigenvalue weighted by atomic mass is 10.1. The smallest absolute Gasteiger partial charge is 0.324 e. The van der Waals surface area contributed by atoms with Crippen molar-refractivity contribution in [2.24, 2.45) is 0 Å². The minimum atomic E-state index is -0.424. The van der Waals surface area contributed by atoms with E-state index in [0.717, 1.165) is 20.9 Å². The largest absolute Gasteiger partial charge is 0.456 e. The van der Waals surface area contributed by atoms with Gasteiger partial charge in [-0.2, -0.15) is 0 Å². The number of aromatic amines is 1. The van der Waals surface area contributed by atoms with Crippen molar-refractivity contribution in [2.75, 3.05) is 12.4 Å². The predicted molar refractivity (Wildman–Crippen MR) is 110 cm³/mol. The number of H-pyrrole nitrogens is 1. The van der Waals surface area contributed by atoms with E-state index in [9.17, 15) is 9.59 Å². The standard InChI is InChI=1S/C20H17BrN2O3S/c21-13-6-4-12(5-7-13)18(24)10-26-20(25)17-11-27-19(23-17)15-2-1-3-16-14(15)8-9-22-16/h1-9,17,19,22-23H,10-11H2/t17-,19+/m1/s1. The van der Waals surface area contributed by atoms with Crippen molar-refractivity contribution < 1.29 is 14.3 Å². The molecule has 138 valence electrons. The molecule has 5 nitrogen and oxygen atoms in total. The Morgan fingerprint density at radius 1 is 1.15 bits per heavy atom. The third-order valence-corrected chi connectivity index (χ3v) is 6.27. The highest BCUT2D eigenvalue weighted by atomic mass is 79.9. The van der Waals surface area contributed by atoms with Crippen LogP contribution in [0.1, 0.15) is 21.3 Å². The van der Waals surface area contributed by atoms with Crippen molar-refractivity contribution in [1.29, 1.82) is 0 Å². The summed E-state index contributed by atoms with van der Waals surface area (Å²) in [7, 11) is 0. The second-order valence-corrected chi connectivity index (χ2v) is 8.31. The van der Waals surface area contributed by atoms with Crippen molar-refractivity contribution in [3.63, 3.8) is 0 Å². The topological polar surface area (TPSA) is 71.2 Å². The molecule has 0 unspecified atom stereocenters. The van der Waals surface area contributed by atoms with Gasteiger partial charge in [-0.05, 0) is 29.8 Å². The molecule has 1 aromatic heterocycles. The Hall–Kier alpha value is -2.09. The number of ketones is 1. The van der Waals surface area contributed by atoms with Crippen molar-refractivity contribution in [2.45, 2.75) is 11.4 Å². The molecular formula is C20H17BrN2O3S. The van der Waals surface area contributed by atoms with Crippen LogP contribution in [0.3, 0.4) is 0 Å². The number of benzene rings is 2. The highest BCUT2D eigenvalue weighted by Gasteiger charge is 2.32. The van der Waals surface area contributed by atoms with Crippen molar-refractivity contribution in [3.8, 4) is 0 Å². The molecule has 27 heavy (non-hydrogen) atoms. The van der Waals surface area contributed by atoms with Gasteiger partial charge in [0.25, 0.3) is 0 Å². The molecule has 1 fully saturated rings. The van der Waals surface area contributed by atoms with Crippen LogP contribution in [0.15, 0.2) is 59.2 Å². The average Bonchev–Trinajstić information content (AvgIpc) is 3.35. The molecule has 1 aliphatic heterocycles. The first-order chi connectivity index (χ1) is 13.1. The summed E-state index contributed by atoms with van der Waals surface area (Å²) in [6, 6.07) is 14.7. The molecule has 0 radical (unpaired) electrons. The summed E-state index contributed by atoms with van der Waals surface area (Å²) in [5.74, 6) is 0.00315. The number of nitrogens with one attached hydrogen (secondary N) is 2. The van der Waals surface area contributed by atoms with Crippen LogP contribution in [-0.2, 0) is 9.53 Å². The van der Waals surface area contributed by atoms with E-state index in [-0.39, 0.29) is 17.8 Å². The second-order valence-electron chi connectivity index (χ2n) is 6.26. The summed E-state index contributed by atoms with van der Waals surface area (Å²) in [6.45, 7) is -0.249. The van der Waals surface area contributed by atoms with Gasteiger partial charge in [0.1, 0.15) is 6.04 Å². The molecule has 4 rings (SSSR count). The lowest BCUT2D eigenvalue weighted by Gasteiger charge is -2.14. The first-order valence-electron chi connectivity index (χ1n) is 8.51. The zero-order chi connectivity index (χ0) is 18.8. The summed E-state index contributed by atoms with van der Waals surface area (Å²) in [4.78, 5) is 27.7. The Balaban J connectivity index is 1.36. The number of carbonyl (C=O) groups is 2. The van der Waals surface area contributed by atoms with Gasteiger partial charge in [-0.15, -0.1) is 11.8 Å². The third-order valence-electron chi connectivity index (χ3n) is 4.49. The number of Topliss-reactive ketones (excluding diaryl/α,β-unsaturated/α-hetero) is 1. The van der Waals surface area contributed by atoms with Crippen LogP contribution in [0.2, 0.25) is 0 Å². The Morgan fingerprint density at radius 3 is 2.78 bits per heavy atom. The lowest BCUT2D eigenvalue weighted by molar-refractivity contribution is -0.144. The summed E-state index contributed by atoms with van der Waals surface area (Å²) >= 11 is 5.00. The van der Waals surface area contributed by atoms with Gasteiger partial charge >= 0.3 is 5.97 Å². The number of thioether (sulfide) groups is 1. The molecule has 0 bridgehead atoms. The fourth-order valence-electron chi connectivity index (χ4n) is 3.08. The number of esters is 1. The van der Waals surface area contributed by atoms with Crippen LogP contribution >= 0.6 is 27.7 Å². The van der Waals surface area contributed by atoms with Crippen LogP contribution in [-0.4, -0.2) is 35.1 Å². The molecule has 1 aliphatic rings. The normalized spacial score (nSPS) is 19.3. The van der Waals surface area contributed by atoms with E-state index in [1.54, 1.807) is 36.0 Å². The van der Waals surface area contributed by atoms with Crippen LogP contribution in [0.4, 0.5) is 0 Å². The molecule has 0 spiro atoms. The maximum Gasteiger partial charge on any atom is 0.324 e. The lowest BCUT2D eigenvalue weighted by Crippen LogP contribution is -2.36. The Bertz CT molecular complexity index is 986. The zero-order valence-corrected chi connectivity index (χ0v) is 16.7. The second kappa shape index (κ2) is 7.88. The number of halogens is 1. The number of carbonyl (C=O) groups excluding carboxylic acids is 2. The van der Waals surface area contributed by atoms with E-state index in [1.807, 2.05) is 24.4 Å². The van der Waals surface area contributed by atoms with Crippen molar-refractivity contribution in [3.05, 3.63) is 70.3 Å². The van der Waals surface area contributed by atoms with Gasteiger partial charge in [0.05, 0.1) is 5.37 Å². The summed E-state index contributed by atoms with van der Waals surface area (Å²) in [5.41, 5.74) is 2.73. The van der Waals surface area contributed by atoms with Gasteiger partial charge in [0, 0.05) is 32.9 Å². The minimum Gasteiger partial charge on any atom is -0.456 e. The molecule has 2 atom stereocenters. The van der Waals surface area contributed by atoms with E-state index in [2.05, 4.69) is 32.3 Å². The minimum absolute atomic E-state index is 0.0178. The zero-order valence-electron chi connectivity index (χ0n) is 14.3. The first-order valence-corrected chi connectivity index (χ1v) is 10.3. The molecule has 3 aromatic rings. The van der Waals surface area contributed by atoms with Gasteiger partial charge in [0.2, 0.25) is 0 Å². The maximum atomic E-state index is 12.4. The fourth-order valence-corrected chi connectivity index (χ4v) is 4.61. The molecule has 0 aliphatic carbocycles.